The van der Waals surface area contributed by atoms with Gasteiger partial charge in [0.2, 0.25) is 0 Å². The van der Waals surface area contributed by atoms with Crippen LogP contribution < -0.4 is 4.74 Å². The SMILES string of the molecule is CCCCCN1C(=O)C(=O)/C(=C(/O)c2ccc(Cl)c(OCC)c2)C1c1ccccc1C. The lowest BCUT2D eigenvalue weighted by Gasteiger charge is -2.26. The molecule has 1 aliphatic heterocycles. The lowest BCUT2D eigenvalue weighted by Crippen LogP contribution is -2.31. The molecule has 1 atom stereocenters. The van der Waals surface area contributed by atoms with Crippen molar-refractivity contribution in [2.45, 2.75) is 46.1 Å². The molecule has 0 saturated carbocycles. The first-order valence-corrected chi connectivity index (χ1v) is 11.0. The second-order valence-corrected chi connectivity index (χ2v) is 8.04. The number of ketones is 1. The zero-order valence-electron chi connectivity index (χ0n) is 18.2. The van der Waals surface area contributed by atoms with Crippen LogP contribution in [0, 0.1) is 6.92 Å². The largest absolute Gasteiger partial charge is 0.507 e. The van der Waals surface area contributed by atoms with Gasteiger partial charge in [0.05, 0.1) is 23.2 Å². The van der Waals surface area contributed by atoms with Crippen LogP contribution in [0.2, 0.25) is 5.02 Å². The molecular weight excluding hydrogens is 414 g/mol. The number of halogens is 1. The number of carbonyl (C=O) groups is 2. The van der Waals surface area contributed by atoms with Gasteiger partial charge in [-0.05, 0) is 49.6 Å². The van der Waals surface area contributed by atoms with Crippen LogP contribution in [0.3, 0.4) is 0 Å². The van der Waals surface area contributed by atoms with Crippen molar-refractivity contribution in [1.82, 2.24) is 4.90 Å². The first-order valence-electron chi connectivity index (χ1n) is 10.7. The molecule has 0 aliphatic carbocycles. The Hall–Kier alpha value is -2.79. The molecule has 0 spiro atoms. The maximum atomic E-state index is 13.1. The van der Waals surface area contributed by atoms with Crippen molar-refractivity contribution in [3.8, 4) is 5.75 Å². The van der Waals surface area contributed by atoms with Gasteiger partial charge in [-0.25, -0.2) is 0 Å². The van der Waals surface area contributed by atoms with E-state index in [0.29, 0.717) is 29.5 Å². The van der Waals surface area contributed by atoms with Gasteiger partial charge in [-0.3, -0.25) is 9.59 Å². The molecule has 6 heteroatoms. The number of hydrogen-bond acceptors (Lipinski definition) is 4. The van der Waals surface area contributed by atoms with Crippen LogP contribution in [0.4, 0.5) is 0 Å². The molecule has 0 aromatic heterocycles. The molecule has 1 heterocycles. The first kappa shape index (κ1) is 22.9. The van der Waals surface area contributed by atoms with E-state index < -0.39 is 17.7 Å². The predicted molar refractivity (Wildman–Crippen MR) is 122 cm³/mol. The van der Waals surface area contributed by atoms with Crippen LogP contribution in [-0.4, -0.2) is 34.8 Å². The van der Waals surface area contributed by atoms with Crippen molar-refractivity contribution in [1.29, 1.82) is 0 Å². The molecular formula is C25H28ClNO4. The first-order chi connectivity index (χ1) is 14.9. The van der Waals surface area contributed by atoms with Crippen molar-refractivity contribution in [2.24, 2.45) is 0 Å². The monoisotopic (exact) mass is 441 g/mol. The lowest BCUT2D eigenvalue weighted by atomic mass is 9.92. The van der Waals surface area contributed by atoms with Crippen LogP contribution in [0.25, 0.3) is 5.76 Å². The zero-order chi connectivity index (χ0) is 22.5. The van der Waals surface area contributed by atoms with E-state index in [4.69, 9.17) is 16.3 Å². The van der Waals surface area contributed by atoms with Gasteiger partial charge in [0, 0.05) is 12.1 Å². The highest BCUT2D eigenvalue weighted by Gasteiger charge is 2.46. The Kier molecular flexibility index (Phi) is 7.39. The Morgan fingerprint density at radius 1 is 1.13 bits per heavy atom. The quantitative estimate of drug-likeness (QED) is 0.248. The van der Waals surface area contributed by atoms with Gasteiger partial charge in [0.25, 0.3) is 11.7 Å². The molecule has 1 saturated heterocycles. The van der Waals surface area contributed by atoms with Gasteiger partial charge in [0.15, 0.2) is 0 Å². The summed E-state index contributed by atoms with van der Waals surface area (Å²) in [5, 5.41) is 11.6. The Bertz CT molecular complexity index is 1010. The molecule has 1 unspecified atom stereocenters. The van der Waals surface area contributed by atoms with E-state index in [2.05, 4.69) is 6.92 Å². The highest BCUT2D eigenvalue weighted by Crippen LogP contribution is 2.41. The summed E-state index contributed by atoms with van der Waals surface area (Å²) in [7, 11) is 0. The number of rotatable bonds is 8. The summed E-state index contributed by atoms with van der Waals surface area (Å²) >= 11 is 6.18. The molecule has 31 heavy (non-hydrogen) atoms. The van der Waals surface area contributed by atoms with Gasteiger partial charge in [-0.2, -0.15) is 0 Å². The van der Waals surface area contributed by atoms with Crippen molar-refractivity contribution in [2.75, 3.05) is 13.2 Å². The molecule has 1 amide bonds. The second kappa shape index (κ2) is 10.0. The number of Topliss-reactive ketones (excluding diaryl/α,β-unsaturated/α-hetero) is 1. The molecule has 5 nitrogen and oxygen atoms in total. The average Bonchev–Trinajstić information content (AvgIpc) is 3.00. The molecule has 2 aromatic rings. The van der Waals surface area contributed by atoms with Gasteiger partial charge in [0.1, 0.15) is 11.5 Å². The van der Waals surface area contributed by atoms with E-state index in [9.17, 15) is 14.7 Å². The summed E-state index contributed by atoms with van der Waals surface area (Å²) in [6, 6.07) is 11.8. The summed E-state index contributed by atoms with van der Waals surface area (Å²) in [4.78, 5) is 27.6. The summed E-state index contributed by atoms with van der Waals surface area (Å²) < 4.78 is 5.53. The summed E-state index contributed by atoms with van der Waals surface area (Å²) in [5.41, 5.74) is 2.27. The van der Waals surface area contributed by atoms with Crippen molar-refractivity contribution >= 4 is 29.1 Å². The number of nitrogens with zero attached hydrogens (tertiary/aromatic N) is 1. The maximum absolute atomic E-state index is 13.1. The Labute approximate surface area is 188 Å². The maximum Gasteiger partial charge on any atom is 0.295 e. The summed E-state index contributed by atoms with van der Waals surface area (Å²) in [6.45, 7) is 6.73. The van der Waals surface area contributed by atoms with E-state index in [1.165, 1.54) is 0 Å². The highest BCUT2D eigenvalue weighted by molar-refractivity contribution is 6.46. The fraction of sp³-hybridized carbons (Fsp3) is 0.360. The number of hydrogen-bond donors (Lipinski definition) is 1. The molecule has 1 N–H and O–H groups in total. The molecule has 1 aliphatic rings. The van der Waals surface area contributed by atoms with Crippen LogP contribution >= 0.6 is 11.6 Å². The summed E-state index contributed by atoms with van der Waals surface area (Å²) in [5.74, 6) is -1.06. The van der Waals surface area contributed by atoms with Crippen molar-refractivity contribution in [3.05, 3.63) is 69.8 Å². The lowest BCUT2D eigenvalue weighted by molar-refractivity contribution is -0.139. The van der Waals surface area contributed by atoms with E-state index in [1.807, 2.05) is 38.1 Å². The number of amides is 1. The fourth-order valence-electron chi connectivity index (χ4n) is 3.93. The normalized spacial score (nSPS) is 17.9. The molecule has 3 rings (SSSR count). The minimum atomic E-state index is -0.671. The van der Waals surface area contributed by atoms with Crippen molar-refractivity contribution in [3.63, 3.8) is 0 Å². The fourth-order valence-corrected chi connectivity index (χ4v) is 4.10. The van der Waals surface area contributed by atoms with Gasteiger partial charge >= 0.3 is 0 Å². The van der Waals surface area contributed by atoms with Crippen LogP contribution in [-0.2, 0) is 9.59 Å². The average molecular weight is 442 g/mol. The predicted octanol–water partition coefficient (Wildman–Crippen LogP) is 5.66. The zero-order valence-corrected chi connectivity index (χ0v) is 18.9. The number of aliphatic hydroxyl groups excluding tert-OH is 1. The van der Waals surface area contributed by atoms with Gasteiger partial charge in [-0.1, -0.05) is 55.6 Å². The molecule has 0 radical (unpaired) electrons. The van der Waals surface area contributed by atoms with Crippen molar-refractivity contribution < 1.29 is 19.4 Å². The third-order valence-electron chi connectivity index (χ3n) is 5.53. The molecule has 2 aromatic carbocycles. The molecule has 0 bridgehead atoms. The number of aryl methyl sites for hydroxylation is 1. The number of aliphatic hydroxyl groups is 1. The molecule has 1 fully saturated rings. The summed E-state index contributed by atoms with van der Waals surface area (Å²) in [6.07, 6.45) is 2.75. The number of likely N-dealkylation sites (tertiary alicyclic amines) is 1. The minimum Gasteiger partial charge on any atom is -0.507 e. The second-order valence-electron chi connectivity index (χ2n) is 7.63. The van der Waals surface area contributed by atoms with E-state index >= 15 is 0 Å². The third kappa shape index (κ3) is 4.62. The topological polar surface area (TPSA) is 66.8 Å². The Balaban J connectivity index is 2.15. The number of ether oxygens (including phenoxy) is 1. The van der Waals surface area contributed by atoms with E-state index in [1.54, 1.807) is 23.1 Å². The van der Waals surface area contributed by atoms with Gasteiger partial charge < -0.3 is 14.7 Å². The Morgan fingerprint density at radius 2 is 1.87 bits per heavy atom. The highest BCUT2D eigenvalue weighted by atomic mass is 35.5. The van der Waals surface area contributed by atoms with E-state index in [0.717, 1.165) is 30.4 Å². The molecule has 164 valence electrons. The van der Waals surface area contributed by atoms with Crippen LogP contribution in [0.15, 0.2) is 48.0 Å². The van der Waals surface area contributed by atoms with Crippen LogP contribution in [0.1, 0.15) is 55.8 Å². The number of benzene rings is 2. The number of carbonyl (C=O) groups excluding carboxylic acids is 2. The smallest absolute Gasteiger partial charge is 0.295 e. The third-order valence-corrected chi connectivity index (χ3v) is 5.84. The minimum absolute atomic E-state index is 0.0977. The van der Waals surface area contributed by atoms with E-state index in [-0.39, 0.29) is 11.3 Å². The van der Waals surface area contributed by atoms with Crippen LogP contribution in [0.5, 0.6) is 5.75 Å². The Morgan fingerprint density at radius 3 is 2.55 bits per heavy atom. The van der Waals surface area contributed by atoms with Gasteiger partial charge in [-0.15, -0.1) is 0 Å². The standard InChI is InChI=1S/C25H28ClNO4/c1-4-6-9-14-27-22(18-11-8-7-10-16(18)3)21(24(29)25(27)30)23(28)17-12-13-19(26)20(15-17)31-5-2/h7-8,10-13,15,22,28H,4-6,9,14H2,1-3H3/b23-21+. The number of unbranched alkanes of at least 4 members (excludes halogenated alkanes) is 2.